The van der Waals surface area contributed by atoms with E-state index in [9.17, 15) is 24.3 Å². The number of amidine groups is 1. The Balaban J connectivity index is 1.46. The molecule has 11 nitrogen and oxygen atoms in total. The van der Waals surface area contributed by atoms with E-state index in [1.54, 1.807) is 30.5 Å². The number of aryl methyl sites for hydroxylation is 1. The number of rotatable bonds is 8. The Kier molecular flexibility index (Phi) is 8.89. The second-order valence-electron chi connectivity index (χ2n) is 7.85. The first-order chi connectivity index (χ1) is 16.4. The van der Waals surface area contributed by atoms with Crippen molar-refractivity contribution in [2.45, 2.75) is 32.1 Å². The second-order valence-corrected chi connectivity index (χ2v) is 7.85. The number of carbonyl (C=O) groups is 4. The number of amides is 3. The maximum absolute atomic E-state index is 12.4. The van der Waals surface area contributed by atoms with E-state index in [1.165, 1.54) is 0 Å². The van der Waals surface area contributed by atoms with Gasteiger partial charge in [-0.05, 0) is 37.0 Å². The fourth-order valence-corrected chi connectivity index (χ4v) is 3.31. The lowest BCUT2D eigenvalue weighted by Crippen LogP contribution is -2.49. The first-order valence-electron chi connectivity index (χ1n) is 11.1. The molecular weight excluding hydrogens is 440 g/mol. The lowest BCUT2D eigenvalue weighted by atomic mass is 10.1. The average molecular weight is 469 g/mol. The van der Waals surface area contributed by atoms with Crippen LogP contribution in [0.3, 0.4) is 0 Å². The van der Waals surface area contributed by atoms with Crippen LogP contribution in [0.1, 0.15) is 41.6 Å². The van der Waals surface area contributed by atoms with Crippen LogP contribution >= 0.6 is 0 Å². The Morgan fingerprint density at radius 3 is 2.56 bits per heavy atom. The maximum Gasteiger partial charge on any atom is 0.317 e. The molecule has 0 bridgehead atoms. The summed E-state index contributed by atoms with van der Waals surface area (Å²) in [6.07, 6.45) is 6.79. The number of hydrogen-bond acceptors (Lipinski definition) is 7. The van der Waals surface area contributed by atoms with E-state index in [4.69, 9.17) is 0 Å². The fraction of sp³-hybridized carbons (Fsp3) is 0.391. The van der Waals surface area contributed by atoms with Crippen molar-refractivity contribution in [3.63, 3.8) is 0 Å². The Bertz CT molecular complexity index is 1020. The third kappa shape index (κ3) is 7.54. The van der Waals surface area contributed by atoms with E-state index in [2.05, 4.69) is 31.3 Å². The molecule has 1 aromatic carbocycles. The number of carbonyl (C=O) groups excluding carboxylic acids is 3. The zero-order valence-corrected chi connectivity index (χ0v) is 18.7. The quantitative estimate of drug-likeness (QED) is 0.346. The van der Waals surface area contributed by atoms with Gasteiger partial charge in [0.1, 0.15) is 5.84 Å². The highest BCUT2D eigenvalue weighted by molar-refractivity contribution is 6.06. The molecule has 0 spiro atoms. The van der Waals surface area contributed by atoms with E-state index in [1.807, 2.05) is 6.08 Å². The minimum Gasteiger partial charge on any atom is -0.481 e. The molecular formula is C23H28N6O5. The number of nitrogens with zero attached hydrogens (tertiary/aromatic N) is 2. The molecule has 1 atom stereocenters. The first-order valence-corrected chi connectivity index (χ1v) is 11.1. The highest BCUT2D eigenvalue weighted by Crippen LogP contribution is 2.08. The van der Waals surface area contributed by atoms with Crippen molar-refractivity contribution in [2.24, 2.45) is 15.9 Å². The van der Waals surface area contributed by atoms with Gasteiger partial charge in [0.25, 0.3) is 5.91 Å². The SMILES string of the molecule is O=C(CCc1ccc(C(=O)NCC(C(=O)O)C(=O)NC2=NCCCN2)cc1)NC1=NC=CCC1. The number of carboxylic acid groups (broad SMARTS) is 1. The van der Waals surface area contributed by atoms with Crippen molar-refractivity contribution in [3.05, 3.63) is 47.7 Å². The van der Waals surface area contributed by atoms with Crippen LogP contribution < -0.4 is 21.3 Å². The molecule has 0 aromatic heterocycles. The predicted molar refractivity (Wildman–Crippen MR) is 125 cm³/mol. The van der Waals surface area contributed by atoms with Gasteiger partial charge >= 0.3 is 5.97 Å². The number of nitrogens with one attached hydrogen (secondary N) is 4. The van der Waals surface area contributed by atoms with Gasteiger partial charge in [-0.25, -0.2) is 4.99 Å². The van der Waals surface area contributed by atoms with Crippen LogP contribution in [0.25, 0.3) is 0 Å². The number of carboxylic acids is 1. The minimum absolute atomic E-state index is 0.122. The molecule has 3 amide bonds. The molecule has 180 valence electrons. The molecule has 1 aromatic rings. The number of benzene rings is 1. The van der Waals surface area contributed by atoms with Gasteiger partial charge in [-0.15, -0.1) is 0 Å². The number of aliphatic carboxylic acids is 1. The average Bonchev–Trinajstić information content (AvgIpc) is 2.84. The molecule has 2 aliphatic rings. The van der Waals surface area contributed by atoms with E-state index in [0.29, 0.717) is 37.3 Å². The number of hydrogen-bond donors (Lipinski definition) is 5. The van der Waals surface area contributed by atoms with Gasteiger partial charge in [0, 0.05) is 44.2 Å². The van der Waals surface area contributed by atoms with Crippen LogP contribution in [-0.4, -0.2) is 60.2 Å². The zero-order valence-electron chi connectivity index (χ0n) is 18.7. The van der Waals surface area contributed by atoms with Crippen LogP contribution in [0.4, 0.5) is 0 Å². The maximum atomic E-state index is 12.4. The van der Waals surface area contributed by atoms with Crippen LogP contribution in [0.5, 0.6) is 0 Å². The number of aliphatic imine (C=N–C) groups is 2. The lowest BCUT2D eigenvalue weighted by molar-refractivity contribution is -0.146. The van der Waals surface area contributed by atoms with Gasteiger partial charge in [-0.1, -0.05) is 18.2 Å². The highest BCUT2D eigenvalue weighted by atomic mass is 16.4. The topological polar surface area (TPSA) is 161 Å². The molecule has 0 radical (unpaired) electrons. The summed E-state index contributed by atoms with van der Waals surface area (Å²) in [5.41, 5.74) is 1.19. The molecule has 0 saturated carbocycles. The minimum atomic E-state index is -1.46. The van der Waals surface area contributed by atoms with Crippen molar-refractivity contribution >= 4 is 35.5 Å². The van der Waals surface area contributed by atoms with Gasteiger partial charge in [-0.2, -0.15) is 0 Å². The Morgan fingerprint density at radius 1 is 1.12 bits per heavy atom. The van der Waals surface area contributed by atoms with Crippen molar-refractivity contribution in [1.29, 1.82) is 0 Å². The Morgan fingerprint density at radius 2 is 1.91 bits per heavy atom. The van der Waals surface area contributed by atoms with Crippen molar-refractivity contribution in [1.82, 2.24) is 21.3 Å². The van der Waals surface area contributed by atoms with Gasteiger partial charge in [0.05, 0.1) is 0 Å². The summed E-state index contributed by atoms with van der Waals surface area (Å²) in [6, 6.07) is 6.65. The molecule has 2 heterocycles. The summed E-state index contributed by atoms with van der Waals surface area (Å²) >= 11 is 0. The van der Waals surface area contributed by atoms with E-state index in [0.717, 1.165) is 18.4 Å². The van der Waals surface area contributed by atoms with Crippen molar-refractivity contribution in [3.8, 4) is 0 Å². The van der Waals surface area contributed by atoms with Crippen LogP contribution in [0, 0.1) is 5.92 Å². The highest BCUT2D eigenvalue weighted by Gasteiger charge is 2.28. The first kappa shape index (κ1) is 24.6. The van der Waals surface area contributed by atoms with Crippen molar-refractivity contribution in [2.75, 3.05) is 19.6 Å². The third-order valence-corrected chi connectivity index (χ3v) is 5.24. The number of guanidine groups is 1. The smallest absolute Gasteiger partial charge is 0.317 e. The molecule has 11 heteroatoms. The predicted octanol–water partition coefficient (Wildman–Crippen LogP) is 0.338. The van der Waals surface area contributed by atoms with Crippen LogP contribution in [0.2, 0.25) is 0 Å². The van der Waals surface area contributed by atoms with E-state index < -0.39 is 23.7 Å². The number of allylic oxidation sites excluding steroid dienone is 1. The molecule has 3 rings (SSSR count). The van der Waals surface area contributed by atoms with Gasteiger partial charge in [0.2, 0.25) is 11.8 Å². The Hall–Kier alpha value is -4.02. The Labute approximate surface area is 196 Å². The standard InChI is InChI=1S/C23H28N6O5/c30-19(28-18-4-1-2-11-24-18)10-7-15-5-8-16(9-6-15)20(31)27-14-17(22(33)34)21(32)29-23-25-12-3-13-26-23/h2,5-6,8-9,11,17H,1,3-4,7,10,12-14H2,(H,27,31)(H,33,34)(H,24,28,30)(H2,25,26,29,32). The largest absolute Gasteiger partial charge is 0.481 e. The van der Waals surface area contributed by atoms with Gasteiger partial charge in [-0.3, -0.25) is 29.5 Å². The summed E-state index contributed by atoms with van der Waals surface area (Å²) < 4.78 is 0. The monoisotopic (exact) mass is 468 g/mol. The molecule has 0 aliphatic carbocycles. The van der Waals surface area contributed by atoms with E-state index in [-0.39, 0.29) is 24.8 Å². The zero-order chi connectivity index (χ0) is 24.3. The lowest BCUT2D eigenvalue weighted by Gasteiger charge is -2.18. The van der Waals surface area contributed by atoms with Gasteiger partial charge in [0.15, 0.2) is 11.9 Å². The molecule has 1 unspecified atom stereocenters. The van der Waals surface area contributed by atoms with Crippen LogP contribution in [0.15, 0.2) is 46.5 Å². The van der Waals surface area contributed by atoms with Gasteiger partial charge < -0.3 is 21.1 Å². The summed E-state index contributed by atoms with van der Waals surface area (Å²) in [7, 11) is 0. The molecule has 5 N–H and O–H groups in total. The third-order valence-electron chi connectivity index (χ3n) is 5.24. The second kappa shape index (κ2) is 12.3. The normalized spacial score (nSPS) is 15.8. The fourth-order valence-electron chi connectivity index (χ4n) is 3.31. The molecule has 34 heavy (non-hydrogen) atoms. The summed E-state index contributed by atoms with van der Waals surface area (Å²) in [6.45, 7) is 0.820. The molecule has 0 saturated heterocycles. The summed E-state index contributed by atoms with van der Waals surface area (Å²) in [5.74, 6) is -3.29. The van der Waals surface area contributed by atoms with Crippen molar-refractivity contribution < 1.29 is 24.3 Å². The molecule has 2 aliphatic heterocycles. The summed E-state index contributed by atoms with van der Waals surface area (Å²) in [5, 5.41) is 20.0. The van der Waals surface area contributed by atoms with Crippen LogP contribution in [-0.2, 0) is 20.8 Å². The summed E-state index contributed by atoms with van der Waals surface area (Å²) in [4.78, 5) is 56.5. The molecule has 0 fully saturated rings. The van der Waals surface area contributed by atoms with E-state index >= 15 is 0 Å².